The number of hydrogen-bond donors (Lipinski definition) is 0. The summed E-state index contributed by atoms with van der Waals surface area (Å²) < 4.78 is 0. The summed E-state index contributed by atoms with van der Waals surface area (Å²) in [4.78, 5) is 34.8. The Morgan fingerprint density at radius 2 is 2.07 bits per heavy atom. The average molecular weight is 211 g/mol. The van der Waals surface area contributed by atoms with Crippen LogP contribution in [-0.2, 0) is 14.4 Å². The van der Waals surface area contributed by atoms with Gasteiger partial charge in [0.15, 0.2) is 0 Å². The highest BCUT2D eigenvalue weighted by Crippen LogP contribution is 2.19. The van der Waals surface area contributed by atoms with Crippen LogP contribution in [0.5, 0.6) is 0 Å². The van der Waals surface area contributed by atoms with E-state index in [4.69, 9.17) is 0 Å². The van der Waals surface area contributed by atoms with Crippen LogP contribution in [0.25, 0.3) is 0 Å². The zero-order chi connectivity index (χ0) is 11.4. The Bertz CT molecular complexity index is 286. The number of carbonyl (C=O) groups is 3. The fourth-order valence-corrected chi connectivity index (χ4v) is 1.73. The average Bonchev–Trinajstić information content (AvgIpc) is 2.37. The van der Waals surface area contributed by atoms with Crippen molar-refractivity contribution in [2.45, 2.75) is 39.5 Å². The molecule has 0 N–H and O–H groups in total. The largest absolute Gasteiger partial charge is 0.300 e. The highest BCUT2D eigenvalue weighted by molar-refractivity contribution is 6.03. The predicted molar refractivity (Wildman–Crippen MR) is 55.0 cm³/mol. The summed E-state index contributed by atoms with van der Waals surface area (Å²) in [6.07, 6.45) is 2.35. The van der Waals surface area contributed by atoms with Gasteiger partial charge in [0.1, 0.15) is 5.78 Å². The van der Waals surface area contributed by atoms with Gasteiger partial charge in [-0.2, -0.15) is 0 Å². The van der Waals surface area contributed by atoms with E-state index in [9.17, 15) is 14.4 Å². The van der Waals surface area contributed by atoms with Gasteiger partial charge < -0.3 is 4.79 Å². The maximum atomic E-state index is 11.5. The van der Waals surface area contributed by atoms with E-state index in [1.54, 1.807) is 13.8 Å². The van der Waals surface area contributed by atoms with Crippen molar-refractivity contribution in [3.05, 3.63) is 0 Å². The van der Waals surface area contributed by atoms with E-state index in [0.29, 0.717) is 19.4 Å². The lowest BCUT2D eigenvalue weighted by Crippen LogP contribution is -2.31. The minimum absolute atomic E-state index is 0.0668. The van der Waals surface area contributed by atoms with Gasteiger partial charge in [-0.15, -0.1) is 0 Å². The highest BCUT2D eigenvalue weighted by Gasteiger charge is 2.34. The molecule has 1 fully saturated rings. The van der Waals surface area contributed by atoms with Crippen LogP contribution in [0.15, 0.2) is 0 Å². The Kier molecular flexibility index (Phi) is 4.00. The van der Waals surface area contributed by atoms with Gasteiger partial charge in [0, 0.05) is 25.3 Å². The Labute approximate surface area is 89.6 Å². The van der Waals surface area contributed by atoms with Crippen molar-refractivity contribution in [1.82, 2.24) is 4.90 Å². The van der Waals surface area contributed by atoms with Gasteiger partial charge >= 0.3 is 0 Å². The SMILES string of the molecule is CC(=O)CCCCN1C(=O)CC(C)C1=O. The standard InChI is InChI=1S/C11H17NO3/c1-8-7-10(14)12(11(8)15)6-4-3-5-9(2)13/h8H,3-7H2,1-2H3. The normalized spacial score (nSPS) is 21.2. The molecule has 1 aliphatic heterocycles. The lowest BCUT2D eigenvalue weighted by molar-refractivity contribution is -0.139. The molecule has 4 nitrogen and oxygen atoms in total. The Morgan fingerprint density at radius 3 is 2.53 bits per heavy atom. The lowest BCUT2D eigenvalue weighted by atomic mass is 10.1. The number of ketones is 1. The first-order valence-electron chi connectivity index (χ1n) is 5.36. The third-order valence-electron chi connectivity index (χ3n) is 2.63. The van der Waals surface area contributed by atoms with Gasteiger partial charge in [0.2, 0.25) is 11.8 Å². The molecule has 0 radical (unpaired) electrons. The van der Waals surface area contributed by atoms with Crippen LogP contribution in [0.3, 0.4) is 0 Å². The van der Waals surface area contributed by atoms with E-state index in [-0.39, 0.29) is 23.5 Å². The molecule has 1 saturated heterocycles. The topological polar surface area (TPSA) is 54.5 Å². The number of hydrogen-bond acceptors (Lipinski definition) is 3. The zero-order valence-electron chi connectivity index (χ0n) is 9.28. The van der Waals surface area contributed by atoms with E-state index in [0.717, 1.165) is 12.8 Å². The minimum atomic E-state index is -0.162. The summed E-state index contributed by atoms with van der Waals surface area (Å²) in [5.41, 5.74) is 0. The van der Waals surface area contributed by atoms with Crippen molar-refractivity contribution in [2.75, 3.05) is 6.54 Å². The summed E-state index contributed by atoms with van der Waals surface area (Å²) in [5, 5.41) is 0. The molecule has 4 heteroatoms. The molecule has 1 unspecified atom stereocenters. The number of nitrogens with zero attached hydrogens (tertiary/aromatic N) is 1. The van der Waals surface area contributed by atoms with Crippen molar-refractivity contribution < 1.29 is 14.4 Å². The van der Waals surface area contributed by atoms with E-state index < -0.39 is 0 Å². The fraction of sp³-hybridized carbons (Fsp3) is 0.727. The minimum Gasteiger partial charge on any atom is -0.300 e. The van der Waals surface area contributed by atoms with E-state index in [2.05, 4.69) is 0 Å². The summed E-state index contributed by atoms with van der Waals surface area (Å²) in [6, 6.07) is 0. The van der Waals surface area contributed by atoms with Crippen LogP contribution in [-0.4, -0.2) is 29.0 Å². The monoisotopic (exact) mass is 211 g/mol. The summed E-state index contributed by atoms with van der Waals surface area (Å²) in [7, 11) is 0. The first-order chi connectivity index (χ1) is 7.02. The van der Waals surface area contributed by atoms with Gasteiger partial charge in [-0.05, 0) is 19.8 Å². The molecule has 0 aliphatic carbocycles. The van der Waals surface area contributed by atoms with Gasteiger partial charge in [0.05, 0.1) is 0 Å². The summed E-state index contributed by atoms with van der Waals surface area (Å²) in [5.74, 6) is -0.147. The molecule has 84 valence electrons. The highest BCUT2D eigenvalue weighted by atomic mass is 16.2. The Morgan fingerprint density at radius 1 is 1.40 bits per heavy atom. The van der Waals surface area contributed by atoms with Crippen LogP contribution >= 0.6 is 0 Å². The third kappa shape index (κ3) is 3.15. The molecule has 2 amide bonds. The quantitative estimate of drug-likeness (QED) is 0.506. The molecule has 0 spiro atoms. The van der Waals surface area contributed by atoms with Gasteiger partial charge in [-0.25, -0.2) is 0 Å². The molecule has 0 saturated carbocycles. The number of likely N-dealkylation sites (tertiary alicyclic amines) is 1. The maximum Gasteiger partial charge on any atom is 0.232 e. The molecule has 0 bridgehead atoms. The van der Waals surface area contributed by atoms with Crippen LogP contribution in [0, 0.1) is 5.92 Å². The van der Waals surface area contributed by atoms with Crippen LogP contribution in [0.2, 0.25) is 0 Å². The van der Waals surface area contributed by atoms with Crippen molar-refractivity contribution in [2.24, 2.45) is 5.92 Å². The van der Waals surface area contributed by atoms with Crippen molar-refractivity contribution in [3.63, 3.8) is 0 Å². The lowest BCUT2D eigenvalue weighted by Gasteiger charge is -2.13. The van der Waals surface area contributed by atoms with Crippen LogP contribution in [0.4, 0.5) is 0 Å². The number of imide groups is 1. The van der Waals surface area contributed by atoms with Crippen LogP contribution in [0.1, 0.15) is 39.5 Å². The second-order valence-corrected chi connectivity index (χ2v) is 4.15. The molecule has 0 aromatic heterocycles. The third-order valence-corrected chi connectivity index (χ3v) is 2.63. The smallest absolute Gasteiger partial charge is 0.232 e. The number of Topliss-reactive ketones (excluding diaryl/α,β-unsaturated/α-hetero) is 1. The van der Waals surface area contributed by atoms with Crippen molar-refractivity contribution >= 4 is 17.6 Å². The number of unbranched alkanes of at least 4 members (excludes halogenated alkanes) is 1. The molecule has 1 heterocycles. The number of amides is 2. The number of rotatable bonds is 5. The molecule has 0 aromatic carbocycles. The van der Waals surface area contributed by atoms with E-state index in [1.807, 2.05) is 0 Å². The van der Waals surface area contributed by atoms with E-state index >= 15 is 0 Å². The first-order valence-corrected chi connectivity index (χ1v) is 5.36. The zero-order valence-corrected chi connectivity index (χ0v) is 9.28. The molecular formula is C11H17NO3. The molecular weight excluding hydrogens is 194 g/mol. The fourth-order valence-electron chi connectivity index (χ4n) is 1.73. The predicted octanol–water partition coefficient (Wildman–Crippen LogP) is 1.14. The van der Waals surface area contributed by atoms with Crippen molar-refractivity contribution in [1.29, 1.82) is 0 Å². The van der Waals surface area contributed by atoms with Gasteiger partial charge in [0.25, 0.3) is 0 Å². The molecule has 1 atom stereocenters. The Balaban J connectivity index is 2.29. The van der Waals surface area contributed by atoms with Gasteiger partial charge in [-0.3, -0.25) is 14.5 Å². The molecule has 1 aliphatic rings. The van der Waals surface area contributed by atoms with Gasteiger partial charge in [-0.1, -0.05) is 6.92 Å². The molecule has 15 heavy (non-hydrogen) atoms. The second-order valence-electron chi connectivity index (χ2n) is 4.15. The van der Waals surface area contributed by atoms with Crippen molar-refractivity contribution in [3.8, 4) is 0 Å². The van der Waals surface area contributed by atoms with E-state index in [1.165, 1.54) is 4.90 Å². The molecule has 1 rings (SSSR count). The second kappa shape index (κ2) is 5.05. The Hall–Kier alpha value is -1.19. The first kappa shape index (κ1) is 11.9. The molecule has 0 aromatic rings. The summed E-state index contributed by atoms with van der Waals surface area (Å²) in [6.45, 7) is 3.79. The van der Waals surface area contributed by atoms with Crippen LogP contribution < -0.4 is 0 Å². The number of carbonyl (C=O) groups excluding carboxylic acids is 3. The maximum absolute atomic E-state index is 11.5. The summed E-state index contributed by atoms with van der Waals surface area (Å²) >= 11 is 0.